The molecule has 82 valence electrons. The summed E-state index contributed by atoms with van der Waals surface area (Å²) in [7, 11) is -3.70. The minimum Gasteiger partial charge on any atom is -0.378 e. The maximum Gasteiger partial charge on any atom is 0.352 e. The Bertz CT molecular complexity index is 501. The molecule has 9 nitrogen and oxygen atoms in total. The first-order valence-corrected chi connectivity index (χ1v) is 5.40. The lowest BCUT2D eigenvalue weighted by atomic mass is 10.4. The standard InChI is InChI=1S/C5H7N5O4S/c1-15(13,14)5-8-3(6)2(10(11)12)4(7)9-5/h1H3,(H4,6,7,8,9). The number of nitrogen functional groups attached to an aromatic ring is 2. The molecule has 0 spiro atoms. The Kier molecular flexibility index (Phi) is 2.45. The van der Waals surface area contributed by atoms with Crippen molar-refractivity contribution in [1.29, 1.82) is 0 Å². The zero-order valence-electron chi connectivity index (χ0n) is 7.54. The van der Waals surface area contributed by atoms with Crippen LogP contribution in [0.25, 0.3) is 0 Å². The molecule has 0 aliphatic heterocycles. The highest BCUT2D eigenvalue weighted by Crippen LogP contribution is 2.25. The quantitative estimate of drug-likeness (QED) is 0.372. The number of hydrogen-bond donors (Lipinski definition) is 2. The molecule has 0 saturated heterocycles. The Morgan fingerprint density at radius 3 is 1.93 bits per heavy atom. The van der Waals surface area contributed by atoms with E-state index in [1.165, 1.54) is 0 Å². The molecule has 0 aliphatic carbocycles. The van der Waals surface area contributed by atoms with Gasteiger partial charge < -0.3 is 11.5 Å². The van der Waals surface area contributed by atoms with Gasteiger partial charge in [0.05, 0.1) is 4.92 Å². The van der Waals surface area contributed by atoms with E-state index < -0.39 is 37.2 Å². The molecule has 1 heterocycles. The van der Waals surface area contributed by atoms with Crippen LogP contribution in [0, 0.1) is 10.1 Å². The summed E-state index contributed by atoms with van der Waals surface area (Å²) in [6.07, 6.45) is 0.840. The number of nitrogens with two attached hydrogens (primary N) is 2. The van der Waals surface area contributed by atoms with E-state index in [1.807, 2.05) is 0 Å². The second-order valence-electron chi connectivity index (χ2n) is 2.65. The molecule has 1 aromatic heterocycles. The van der Waals surface area contributed by atoms with Crippen LogP contribution >= 0.6 is 0 Å². The van der Waals surface area contributed by atoms with Crippen LogP contribution in [0.4, 0.5) is 17.3 Å². The van der Waals surface area contributed by atoms with Gasteiger partial charge in [-0.2, -0.15) is 9.97 Å². The molecule has 1 aromatic rings. The Labute approximate surface area is 84.2 Å². The normalized spacial score (nSPS) is 11.3. The summed E-state index contributed by atoms with van der Waals surface area (Å²) in [6, 6.07) is 0. The van der Waals surface area contributed by atoms with Crippen LogP contribution in [-0.2, 0) is 9.84 Å². The molecule has 15 heavy (non-hydrogen) atoms. The van der Waals surface area contributed by atoms with Gasteiger partial charge >= 0.3 is 5.69 Å². The highest BCUT2D eigenvalue weighted by atomic mass is 32.2. The predicted molar refractivity (Wildman–Crippen MR) is 50.6 cm³/mol. The zero-order chi connectivity index (χ0) is 11.8. The van der Waals surface area contributed by atoms with Crippen LogP contribution in [-0.4, -0.2) is 29.6 Å². The fourth-order valence-electron chi connectivity index (χ4n) is 0.821. The summed E-state index contributed by atoms with van der Waals surface area (Å²) in [5.41, 5.74) is 9.67. The van der Waals surface area contributed by atoms with Crippen LogP contribution in [0.5, 0.6) is 0 Å². The van der Waals surface area contributed by atoms with Crippen molar-refractivity contribution >= 4 is 27.2 Å². The summed E-state index contributed by atoms with van der Waals surface area (Å²) in [6.45, 7) is 0. The van der Waals surface area contributed by atoms with E-state index in [0.29, 0.717) is 0 Å². The first-order chi connectivity index (χ1) is 6.73. The Morgan fingerprint density at radius 1 is 1.27 bits per heavy atom. The minimum absolute atomic E-state index is 0.576. The molecule has 0 aliphatic rings. The second-order valence-corrected chi connectivity index (χ2v) is 4.56. The molecule has 0 amide bonds. The van der Waals surface area contributed by atoms with Crippen molar-refractivity contribution in [1.82, 2.24) is 9.97 Å². The summed E-state index contributed by atoms with van der Waals surface area (Å²) >= 11 is 0. The smallest absolute Gasteiger partial charge is 0.352 e. The molecule has 0 radical (unpaired) electrons. The van der Waals surface area contributed by atoms with Crippen LogP contribution in [0.15, 0.2) is 5.16 Å². The van der Waals surface area contributed by atoms with Crippen LogP contribution < -0.4 is 11.5 Å². The molecule has 0 aromatic carbocycles. The van der Waals surface area contributed by atoms with Crippen molar-refractivity contribution in [3.05, 3.63) is 10.1 Å². The van der Waals surface area contributed by atoms with E-state index in [0.717, 1.165) is 6.26 Å². The van der Waals surface area contributed by atoms with E-state index in [2.05, 4.69) is 9.97 Å². The summed E-state index contributed by atoms with van der Waals surface area (Å²) < 4.78 is 22.0. The first kappa shape index (κ1) is 11.1. The lowest BCUT2D eigenvalue weighted by Crippen LogP contribution is -2.11. The number of aromatic nitrogens is 2. The SMILES string of the molecule is CS(=O)(=O)c1nc(N)c([N+](=O)[O-])c(N)n1. The largest absolute Gasteiger partial charge is 0.378 e. The van der Waals surface area contributed by atoms with Crippen LogP contribution in [0.1, 0.15) is 0 Å². The average molecular weight is 233 g/mol. The average Bonchev–Trinajstić information content (AvgIpc) is 1.99. The van der Waals surface area contributed by atoms with Gasteiger partial charge in [0, 0.05) is 6.26 Å². The van der Waals surface area contributed by atoms with E-state index in [9.17, 15) is 18.5 Å². The van der Waals surface area contributed by atoms with Gasteiger partial charge in [0.2, 0.25) is 21.5 Å². The maximum absolute atomic E-state index is 11.0. The van der Waals surface area contributed by atoms with Gasteiger partial charge in [-0.15, -0.1) is 0 Å². The van der Waals surface area contributed by atoms with Crippen molar-refractivity contribution in [2.75, 3.05) is 17.7 Å². The van der Waals surface area contributed by atoms with Gasteiger partial charge in [-0.05, 0) is 0 Å². The van der Waals surface area contributed by atoms with Gasteiger partial charge in [0.1, 0.15) is 0 Å². The van der Waals surface area contributed by atoms with E-state index in [-0.39, 0.29) is 0 Å². The molecule has 0 bridgehead atoms. The molecule has 0 unspecified atom stereocenters. The molecule has 10 heteroatoms. The molecule has 1 rings (SSSR count). The highest BCUT2D eigenvalue weighted by molar-refractivity contribution is 7.90. The third-order valence-corrected chi connectivity index (χ3v) is 2.28. The lowest BCUT2D eigenvalue weighted by Gasteiger charge is -2.01. The van der Waals surface area contributed by atoms with Crippen molar-refractivity contribution in [2.24, 2.45) is 0 Å². The lowest BCUT2D eigenvalue weighted by molar-refractivity contribution is -0.383. The maximum atomic E-state index is 11.0. The molecule has 4 N–H and O–H groups in total. The summed E-state index contributed by atoms with van der Waals surface area (Å²) in [5, 5.41) is 9.78. The van der Waals surface area contributed by atoms with Crippen molar-refractivity contribution in [3.8, 4) is 0 Å². The van der Waals surface area contributed by atoms with Crippen LogP contribution in [0.2, 0.25) is 0 Å². The monoisotopic (exact) mass is 233 g/mol. The second kappa shape index (κ2) is 3.31. The van der Waals surface area contributed by atoms with Gasteiger partial charge in [0.15, 0.2) is 0 Å². The van der Waals surface area contributed by atoms with Gasteiger partial charge in [-0.25, -0.2) is 8.42 Å². The van der Waals surface area contributed by atoms with Gasteiger partial charge in [0.25, 0.3) is 5.16 Å². The van der Waals surface area contributed by atoms with Gasteiger partial charge in [-0.1, -0.05) is 0 Å². The number of hydrogen-bond acceptors (Lipinski definition) is 8. The van der Waals surface area contributed by atoms with Crippen molar-refractivity contribution in [3.63, 3.8) is 0 Å². The van der Waals surface area contributed by atoms with E-state index >= 15 is 0 Å². The number of nitrogens with zero attached hydrogens (tertiary/aromatic N) is 3. The Morgan fingerprint density at radius 2 is 1.67 bits per heavy atom. The number of rotatable bonds is 2. The Hall–Kier alpha value is -1.97. The first-order valence-electron chi connectivity index (χ1n) is 3.51. The fraction of sp³-hybridized carbons (Fsp3) is 0.200. The van der Waals surface area contributed by atoms with Crippen molar-refractivity contribution in [2.45, 2.75) is 5.16 Å². The Balaban J connectivity index is 3.52. The summed E-state index contributed by atoms with van der Waals surface area (Å²) in [5.74, 6) is -1.15. The fourth-order valence-corrected chi connectivity index (χ4v) is 1.35. The van der Waals surface area contributed by atoms with E-state index in [1.54, 1.807) is 0 Å². The molecule has 0 atom stereocenters. The highest BCUT2D eigenvalue weighted by Gasteiger charge is 2.23. The third kappa shape index (κ3) is 2.10. The minimum atomic E-state index is -3.70. The third-order valence-electron chi connectivity index (χ3n) is 1.43. The summed E-state index contributed by atoms with van der Waals surface area (Å²) in [4.78, 5) is 16.1. The molecule has 0 fully saturated rings. The topological polar surface area (TPSA) is 155 Å². The molecular weight excluding hydrogens is 226 g/mol. The van der Waals surface area contributed by atoms with Gasteiger partial charge in [-0.3, -0.25) is 10.1 Å². The van der Waals surface area contributed by atoms with Crippen molar-refractivity contribution < 1.29 is 13.3 Å². The predicted octanol–water partition coefficient (Wildman–Crippen LogP) is -1.05. The zero-order valence-corrected chi connectivity index (χ0v) is 8.35. The number of sulfone groups is 1. The van der Waals surface area contributed by atoms with E-state index in [4.69, 9.17) is 11.5 Å². The molecular formula is C5H7N5O4S. The van der Waals surface area contributed by atoms with Crippen LogP contribution in [0.3, 0.4) is 0 Å². The number of anilines is 2. The number of nitro groups is 1. The molecule has 0 saturated carbocycles.